The fourth-order valence-corrected chi connectivity index (χ4v) is 1.53. The van der Waals surface area contributed by atoms with Gasteiger partial charge in [-0.3, -0.25) is 4.79 Å². The summed E-state index contributed by atoms with van der Waals surface area (Å²) in [6.07, 6.45) is 3.70. The first-order chi connectivity index (χ1) is 8.10. The van der Waals surface area contributed by atoms with Crippen LogP contribution in [0.3, 0.4) is 0 Å². The van der Waals surface area contributed by atoms with Crippen molar-refractivity contribution in [3.8, 4) is 0 Å². The number of esters is 1. The Morgan fingerprint density at radius 2 is 2.06 bits per heavy atom. The third kappa shape index (κ3) is 9.81. The zero-order chi connectivity index (χ0) is 13.1. The van der Waals surface area contributed by atoms with Crippen LogP contribution in [-0.2, 0) is 9.53 Å². The molecule has 5 nitrogen and oxygen atoms in total. The monoisotopic (exact) mass is 245 g/mol. The van der Waals surface area contributed by atoms with Gasteiger partial charge in [0.1, 0.15) is 0 Å². The van der Waals surface area contributed by atoms with E-state index >= 15 is 0 Å². The summed E-state index contributed by atoms with van der Waals surface area (Å²) in [5.41, 5.74) is 0.728. The smallest absolute Gasteiger partial charge is 0.302 e. The number of hydrogen-bond acceptors (Lipinski definition) is 5. The Balaban J connectivity index is 3.58. The second-order valence-electron chi connectivity index (χ2n) is 4.09. The van der Waals surface area contributed by atoms with Gasteiger partial charge in [-0.2, -0.15) is 0 Å². The Labute approximate surface area is 102 Å². The number of aliphatic hydroxyl groups excluding tert-OH is 1. The van der Waals surface area contributed by atoms with E-state index in [1.807, 2.05) is 6.92 Å². The lowest BCUT2D eigenvalue weighted by atomic mass is 10.0. The maximum Gasteiger partial charge on any atom is 0.302 e. The molecular formula is C12H23NO4. The van der Waals surface area contributed by atoms with Crippen molar-refractivity contribution in [1.82, 2.24) is 0 Å². The predicted molar refractivity (Wildman–Crippen MR) is 65.2 cm³/mol. The molecule has 17 heavy (non-hydrogen) atoms. The van der Waals surface area contributed by atoms with Gasteiger partial charge in [0.05, 0.1) is 18.4 Å². The highest BCUT2D eigenvalue weighted by atomic mass is 16.5. The van der Waals surface area contributed by atoms with E-state index in [0.717, 1.165) is 18.6 Å². The Bertz CT molecular complexity index is 241. The molecule has 0 saturated carbocycles. The largest absolute Gasteiger partial charge is 0.466 e. The Morgan fingerprint density at radius 1 is 1.35 bits per heavy atom. The van der Waals surface area contributed by atoms with Gasteiger partial charge < -0.3 is 15.1 Å². The first kappa shape index (κ1) is 15.9. The van der Waals surface area contributed by atoms with Crippen molar-refractivity contribution in [2.45, 2.75) is 58.5 Å². The van der Waals surface area contributed by atoms with Crippen LogP contribution in [0.25, 0.3) is 0 Å². The van der Waals surface area contributed by atoms with Gasteiger partial charge >= 0.3 is 5.97 Å². The van der Waals surface area contributed by atoms with E-state index in [9.17, 15) is 9.90 Å². The van der Waals surface area contributed by atoms with E-state index in [2.05, 4.69) is 5.16 Å². The number of carbonyl (C=O) groups excluding carboxylic acids is 1. The van der Waals surface area contributed by atoms with E-state index in [-0.39, 0.29) is 5.97 Å². The van der Waals surface area contributed by atoms with Gasteiger partial charge in [0.2, 0.25) is 0 Å². The summed E-state index contributed by atoms with van der Waals surface area (Å²) in [5, 5.41) is 21.5. The molecule has 0 aliphatic heterocycles. The SMILES string of the molecule is CCCC(CCC(O)CCCOC(C)=O)=NO. The summed E-state index contributed by atoms with van der Waals surface area (Å²) in [4.78, 5) is 10.5. The zero-order valence-corrected chi connectivity index (χ0v) is 10.7. The summed E-state index contributed by atoms with van der Waals surface area (Å²) in [6, 6.07) is 0. The maximum atomic E-state index is 10.5. The molecular weight excluding hydrogens is 222 g/mol. The molecule has 0 spiro atoms. The lowest BCUT2D eigenvalue weighted by Gasteiger charge is -2.10. The standard InChI is InChI=1S/C12H23NO4/c1-3-5-11(13-16)7-8-12(15)6-4-9-17-10(2)14/h12,15-16H,3-9H2,1-2H3. The lowest BCUT2D eigenvalue weighted by Crippen LogP contribution is -2.11. The summed E-state index contributed by atoms with van der Waals surface area (Å²) in [7, 11) is 0. The number of hydrogen-bond donors (Lipinski definition) is 2. The van der Waals surface area contributed by atoms with E-state index in [4.69, 9.17) is 9.94 Å². The number of ether oxygens (including phenoxy) is 1. The van der Waals surface area contributed by atoms with Gasteiger partial charge in [0, 0.05) is 6.92 Å². The van der Waals surface area contributed by atoms with Crippen molar-refractivity contribution in [3.63, 3.8) is 0 Å². The summed E-state index contributed by atoms with van der Waals surface area (Å²) >= 11 is 0. The lowest BCUT2D eigenvalue weighted by molar-refractivity contribution is -0.141. The molecule has 0 rings (SSSR count). The van der Waals surface area contributed by atoms with Crippen LogP contribution in [-0.4, -0.2) is 34.7 Å². The number of aliphatic hydroxyl groups is 1. The molecule has 0 aliphatic rings. The van der Waals surface area contributed by atoms with Crippen LogP contribution in [0.5, 0.6) is 0 Å². The van der Waals surface area contributed by atoms with Gasteiger partial charge in [-0.1, -0.05) is 18.5 Å². The molecule has 0 aromatic rings. The fourth-order valence-electron chi connectivity index (χ4n) is 1.53. The third-order valence-corrected chi connectivity index (χ3v) is 2.43. The van der Waals surface area contributed by atoms with Crippen LogP contribution in [0.1, 0.15) is 52.4 Å². The topological polar surface area (TPSA) is 79.1 Å². The van der Waals surface area contributed by atoms with Crippen LogP contribution < -0.4 is 0 Å². The van der Waals surface area contributed by atoms with Gasteiger partial charge in [-0.05, 0) is 32.1 Å². The molecule has 0 fully saturated rings. The van der Waals surface area contributed by atoms with Crippen LogP contribution >= 0.6 is 0 Å². The first-order valence-corrected chi connectivity index (χ1v) is 6.11. The van der Waals surface area contributed by atoms with E-state index < -0.39 is 6.10 Å². The highest BCUT2D eigenvalue weighted by Gasteiger charge is 2.07. The highest BCUT2D eigenvalue weighted by Crippen LogP contribution is 2.08. The van der Waals surface area contributed by atoms with E-state index in [1.54, 1.807) is 0 Å². The van der Waals surface area contributed by atoms with Crippen LogP contribution in [0.4, 0.5) is 0 Å². The van der Waals surface area contributed by atoms with Crippen molar-refractivity contribution in [3.05, 3.63) is 0 Å². The number of rotatable bonds is 9. The van der Waals surface area contributed by atoms with Crippen LogP contribution in [0.15, 0.2) is 5.16 Å². The van der Waals surface area contributed by atoms with Crippen LogP contribution in [0, 0.1) is 0 Å². The molecule has 1 atom stereocenters. The van der Waals surface area contributed by atoms with Gasteiger partial charge in [-0.15, -0.1) is 0 Å². The molecule has 0 aromatic carbocycles. The van der Waals surface area contributed by atoms with E-state index in [1.165, 1.54) is 6.92 Å². The molecule has 0 bridgehead atoms. The fraction of sp³-hybridized carbons (Fsp3) is 0.833. The minimum Gasteiger partial charge on any atom is -0.466 e. The van der Waals surface area contributed by atoms with Gasteiger partial charge in [-0.25, -0.2) is 0 Å². The van der Waals surface area contributed by atoms with Crippen LogP contribution in [0.2, 0.25) is 0 Å². The molecule has 1 unspecified atom stereocenters. The van der Waals surface area contributed by atoms with Crippen molar-refractivity contribution in [2.24, 2.45) is 5.16 Å². The number of nitrogens with zero attached hydrogens (tertiary/aromatic N) is 1. The quantitative estimate of drug-likeness (QED) is 0.214. The summed E-state index contributed by atoms with van der Waals surface area (Å²) < 4.78 is 4.76. The molecule has 0 aromatic heterocycles. The molecule has 5 heteroatoms. The average Bonchev–Trinajstić information content (AvgIpc) is 2.29. The highest BCUT2D eigenvalue weighted by molar-refractivity contribution is 5.83. The molecule has 0 radical (unpaired) electrons. The molecule has 100 valence electrons. The Kier molecular flexibility index (Phi) is 9.43. The normalized spacial score (nSPS) is 13.5. The Morgan fingerprint density at radius 3 is 2.59 bits per heavy atom. The maximum absolute atomic E-state index is 10.5. The molecule has 0 amide bonds. The van der Waals surface area contributed by atoms with Crippen molar-refractivity contribution >= 4 is 11.7 Å². The first-order valence-electron chi connectivity index (χ1n) is 6.11. The molecule has 0 heterocycles. The van der Waals surface area contributed by atoms with Crippen molar-refractivity contribution < 1.29 is 19.8 Å². The second-order valence-corrected chi connectivity index (χ2v) is 4.09. The van der Waals surface area contributed by atoms with Crippen molar-refractivity contribution in [1.29, 1.82) is 0 Å². The molecule has 0 saturated heterocycles. The second kappa shape index (κ2) is 10.1. The minimum atomic E-state index is -0.431. The molecule has 0 aliphatic carbocycles. The third-order valence-electron chi connectivity index (χ3n) is 2.43. The summed E-state index contributed by atoms with van der Waals surface area (Å²) in [6.45, 7) is 3.73. The minimum absolute atomic E-state index is 0.294. The predicted octanol–water partition coefficient (Wildman–Crippen LogP) is 2.10. The number of carbonyl (C=O) groups is 1. The van der Waals surface area contributed by atoms with Crippen molar-refractivity contribution in [2.75, 3.05) is 6.61 Å². The van der Waals surface area contributed by atoms with Gasteiger partial charge in [0.25, 0.3) is 0 Å². The van der Waals surface area contributed by atoms with E-state index in [0.29, 0.717) is 32.3 Å². The Hall–Kier alpha value is -1.10. The zero-order valence-electron chi connectivity index (χ0n) is 10.7. The van der Waals surface area contributed by atoms with Gasteiger partial charge in [0.15, 0.2) is 0 Å². The molecule has 2 N–H and O–H groups in total. The summed E-state index contributed by atoms with van der Waals surface area (Å²) in [5.74, 6) is -0.294. The number of oxime groups is 1. The average molecular weight is 245 g/mol.